The molecule has 0 aromatic heterocycles. The minimum atomic E-state index is -4.45. The zero-order chi connectivity index (χ0) is 21.0. The van der Waals surface area contributed by atoms with Crippen molar-refractivity contribution in [3.05, 3.63) is 34.9 Å². The highest BCUT2D eigenvalue weighted by Gasteiger charge is 2.34. The number of guanidine groups is 1. The van der Waals surface area contributed by atoms with E-state index >= 15 is 0 Å². The van der Waals surface area contributed by atoms with Gasteiger partial charge < -0.3 is 15.5 Å². The number of hydrogen-bond donors (Lipinski definition) is 2. The summed E-state index contributed by atoms with van der Waals surface area (Å²) in [6.45, 7) is 0.649. The van der Waals surface area contributed by atoms with Crippen molar-refractivity contribution in [2.45, 2.75) is 50.7 Å². The Labute approximate surface area is 168 Å². The van der Waals surface area contributed by atoms with Crippen LogP contribution in [0.3, 0.4) is 0 Å². The molecule has 3 rings (SSSR count). The highest BCUT2D eigenvalue weighted by atomic mass is 19.4. The topological polar surface area (TPSA) is 87.1 Å². The van der Waals surface area contributed by atoms with E-state index in [1.165, 1.54) is 13.2 Å². The fraction of sp³-hybridized carbons (Fsp3) is 0.550. The molecule has 1 aliphatic heterocycles. The molecule has 158 valence electrons. The van der Waals surface area contributed by atoms with Gasteiger partial charge in [0.1, 0.15) is 7.11 Å². The van der Waals surface area contributed by atoms with Crippen LogP contribution in [-0.2, 0) is 17.4 Å². The lowest BCUT2D eigenvalue weighted by Gasteiger charge is -2.21. The normalized spacial score (nSPS) is 20.5. The lowest BCUT2D eigenvalue weighted by Crippen LogP contribution is -2.40. The van der Waals surface area contributed by atoms with Crippen LogP contribution in [0.25, 0.3) is 0 Å². The van der Waals surface area contributed by atoms with Gasteiger partial charge in [-0.25, -0.2) is 4.99 Å². The van der Waals surface area contributed by atoms with Crippen LogP contribution < -0.4 is 5.73 Å². The number of aliphatic imine (C=N–C) groups is 1. The predicted molar refractivity (Wildman–Crippen MR) is 106 cm³/mol. The van der Waals surface area contributed by atoms with Crippen LogP contribution in [0.5, 0.6) is 0 Å². The minimum Gasteiger partial charge on any atom is -0.397 e. The lowest BCUT2D eigenvalue weighted by atomic mass is 9.98. The molecule has 0 bridgehead atoms. The van der Waals surface area contributed by atoms with Crippen LogP contribution in [0, 0.1) is 11.3 Å². The smallest absolute Gasteiger partial charge is 0.397 e. The molecule has 0 radical (unpaired) electrons. The molecule has 2 aliphatic rings. The minimum absolute atomic E-state index is 0.0523. The summed E-state index contributed by atoms with van der Waals surface area (Å²) in [6, 6.07) is 4.02. The summed E-state index contributed by atoms with van der Waals surface area (Å²) in [5.41, 5.74) is 5.45. The Balaban J connectivity index is 1.85. The number of likely N-dealkylation sites (tertiary alicyclic amines) is 1. The highest BCUT2D eigenvalue weighted by Crippen LogP contribution is 2.37. The SMILES string of the molecule is CO/N=C(\N=C[C@@H]1CCCN1C(=N)N)c1ccc(CCC2CC2)c(C(F)(F)F)c1. The largest absolute Gasteiger partial charge is 0.416 e. The molecular weight excluding hydrogens is 383 g/mol. The van der Waals surface area contributed by atoms with Gasteiger partial charge in [-0.2, -0.15) is 13.2 Å². The number of halogens is 3. The quantitative estimate of drug-likeness (QED) is 0.426. The fourth-order valence-electron chi connectivity index (χ4n) is 3.60. The van der Waals surface area contributed by atoms with Crippen molar-refractivity contribution in [1.29, 1.82) is 5.41 Å². The molecule has 2 fully saturated rings. The van der Waals surface area contributed by atoms with Crippen molar-refractivity contribution >= 4 is 18.0 Å². The molecule has 1 aromatic carbocycles. The number of alkyl halides is 3. The third-order valence-electron chi connectivity index (χ3n) is 5.35. The molecule has 9 heteroatoms. The molecule has 1 aromatic rings. The average Bonchev–Trinajstić information content (AvgIpc) is 3.37. The summed E-state index contributed by atoms with van der Waals surface area (Å²) in [6.07, 6.45) is 2.15. The van der Waals surface area contributed by atoms with E-state index in [0.29, 0.717) is 24.4 Å². The van der Waals surface area contributed by atoms with E-state index in [1.807, 2.05) is 0 Å². The average molecular weight is 409 g/mol. The number of nitrogens with two attached hydrogens (primary N) is 1. The van der Waals surface area contributed by atoms with Gasteiger partial charge in [0.05, 0.1) is 11.6 Å². The second-order valence-electron chi connectivity index (χ2n) is 7.52. The molecule has 1 aliphatic carbocycles. The van der Waals surface area contributed by atoms with Gasteiger partial charge in [0, 0.05) is 18.3 Å². The highest BCUT2D eigenvalue weighted by molar-refractivity contribution is 6.03. The standard InChI is InChI=1S/C20H26F3N5O/c1-29-27-18(26-12-16-3-2-10-28(16)19(24)25)15-9-8-14(7-6-13-4-5-13)17(11-15)20(21,22)23/h8-9,11-13,16H,2-7,10H2,1H3,(H3,24,25)/b26-12?,27-18-/t16-/m0/s1. The summed E-state index contributed by atoms with van der Waals surface area (Å²) < 4.78 is 40.9. The van der Waals surface area contributed by atoms with Crippen LogP contribution >= 0.6 is 0 Å². The van der Waals surface area contributed by atoms with Crippen molar-refractivity contribution < 1.29 is 18.0 Å². The lowest BCUT2D eigenvalue weighted by molar-refractivity contribution is -0.138. The summed E-state index contributed by atoms with van der Waals surface area (Å²) in [4.78, 5) is 10.8. The first-order valence-electron chi connectivity index (χ1n) is 9.76. The third kappa shape index (κ3) is 5.48. The molecule has 0 spiro atoms. The molecule has 0 unspecified atom stereocenters. The van der Waals surface area contributed by atoms with E-state index in [9.17, 15) is 13.2 Å². The Bertz CT molecular complexity index is 802. The molecule has 0 amide bonds. The van der Waals surface area contributed by atoms with E-state index in [-0.39, 0.29) is 23.4 Å². The summed E-state index contributed by atoms with van der Waals surface area (Å²) in [7, 11) is 1.32. The molecule has 1 atom stereocenters. The second-order valence-corrected chi connectivity index (χ2v) is 7.52. The fourth-order valence-corrected chi connectivity index (χ4v) is 3.60. The zero-order valence-corrected chi connectivity index (χ0v) is 16.4. The second kappa shape index (κ2) is 8.84. The Morgan fingerprint density at radius 3 is 2.72 bits per heavy atom. The monoisotopic (exact) mass is 409 g/mol. The first-order valence-corrected chi connectivity index (χ1v) is 9.76. The van der Waals surface area contributed by atoms with Gasteiger partial charge in [0.15, 0.2) is 11.8 Å². The van der Waals surface area contributed by atoms with E-state index in [2.05, 4.69) is 10.1 Å². The van der Waals surface area contributed by atoms with E-state index in [1.54, 1.807) is 17.2 Å². The Kier molecular flexibility index (Phi) is 6.44. The van der Waals surface area contributed by atoms with Gasteiger partial charge in [0.2, 0.25) is 0 Å². The van der Waals surface area contributed by atoms with Crippen LogP contribution in [0.4, 0.5) is 13.2 Å². The molecule has 3 N–H and O–H groups in total. The number of rotatable bonds is 6. The molecular formula is C20H26F3N5O. The van der Waals surface area contributed by atoms with Gasteiger partial charge in [0.25, 0.3) is 0 Å². The van der Waals surface area contributed by atoms with Crippen LogP contribution in [0.15, 0.2) is 28.3 Å². The number of amidine groups is 1. The maximum Gasteiger partial charge on any atom is 0.416 e. The molecule has 29 heavy (non-hydrogen) atoms. The van der Waals surface area contributed by atoms with Gasteiger partial charge in [-0.3, -0.25) is 5.41 Å². The first-order chi connectivity index (χ1) is 13.8. The molecule has 6 nitrogen and oxygen atoms in total. The van der Waals surface area contributed by atoms with E-state index in [0.717, 1.165) is 38.2 Å². The van der Waals surface area contributed by atoms with E-state index < -0.39 is 11.7 Å². The van der Waals surface area contributed by atoms with Crippen molar-refractivity contribution in [1.82, 2.24) is 4.90 Å². The molecule has 1 saturated carbocycles. The van der Waals surface area contributed by atoms with Gasteiger partial charge >= 0.3 is 6.18 Å². The van der Waals surface area contributed by atoms with Gasteiger partial charge in [-0.15, -0.1) is 0 Å². The van der Waals surface area contributed by atoms with Crippen molar-refractivity contribution in [3.8, 4) is 0 Å². The van der Waals surface area contributed by atoms with Crippen LogP contribution in [-0.4, -0.2) is 42.6 Å². The summed E-state index contributed by atoms with van der Waals surface area (Å²) in [5.74, 6) is 0.562. The van der Waals surface area contributed by atoms with E-state index in [4.69, 9.17) is 16.0 Å². The number of aryl methyl sites for hydroxylation is 1. The van der Waals surface area contributed by atoms with Crippen molar-refractivity contribution in [2.75, 3.05) is 13.7 Å². The zero-order valence-electron chi connectivity index (χ0n) is 16.4. The first kappa shape index (κ1) is 21.1. The molecule has 1 heterocycles. The maximum absolute atomic E-state index is 13.6. The van der Waals surface area contributed by atoms with Crippen LogP contribution in [0.2, 0.25) is 0 Å². The Morgan fingerprint density at radius 2 is 2.10 bits per heavy atom. The number of hydrogen-bond acceptors (Lipinski definition) is 3. The summed E-state index contributed by atoms with van der Waals surface area (Å²) >= 11 is 0. The number of nitrogens with zero attached hydrogens (tertiary/aromatic N) is 3. The summed E-state index contributed by atoms with van der Waals surface area (Å²) in [5, 5.41) is 11.4. The van der Waals surface area contributed by atoms with Gasteiger partial charge in [-0.05, 0) is 43.2 Å². The maximum atomic E-state index is 13.6. The Hall–Kier alpha value is -2.58. The predicted octanol–water partition coefficient (Wildman–Crippen LogP) is 3.78. The van der Waals surface area contributed by atoms with Crippen LogP contribution in [0.1, 0.15) is 48.8 Å². The third-order valence-corrected chi connectivity index (χ3v) is 5.35. The number of benzene rings is 1. The Morgan fingerprint density at radius 1 is 1.34 bits per heavy atom. The number of nitrogens with one attached hydrogen (secondary N) is 1. The molecule has 1 saturated heterocycles. The number of oxime groups is 1. The van der Waals surface area contributed by atoms with Gasteiger partial charge in [-0.1, -0.05) is 30.1 Å². The van der Waals surface area contributed by atoms with Crippen molar-refractivity contribution in [3.63, 3.8) is 0 Å². The van der Waals surface area contributed by atoms with Crippen molar-refractivity contribution in [2.24, 2.45) is 21.8 Å².